The summed E-state index contributed by atoms with van der Waals surface area (Å²) < 4.78 is 0. The standard InChI is InChI=1S/C20H19Cl2N5/c1-26-9-11-27(12-10-26)20-18(14-5-3-2-4-6-14)24-25-19(23-20)16-8-7-15(21)13-17(16)22/h2-8,13H,9-12H2,1H3. The van der Waals surface area contributed by atoms with E-state index in [1.54, 1.807) is 12.1 Å². The van der Waals surface area contributed by atoms with Crippen molar-refractivity contribution in [2.24, 2.45) is 0 Å². The molecule has 7 heteroatoms. The van der Waals surface area contributed by atoms with Crippen molar-refractivity contribution in [2.75, 3.05) is 38.1 Å². The van der Waals surface area contributed by atoms with Gasteiger partial charge in [0, 0.05) is 42.3 Å². The van der Waals surface area contributed by atoms with Gasteiger partial charge in [0.2, 0.25) is 0 Å². The number of likely N-dealkylation sites (N-methyl/N-ethyl adjacent to an activating group) is 1. The van der Waals surface area contributed by atoms with Gasteiger partial charge >= 0.3 is 0 Å². The van der Waals surface area contributed by atoms with Gasteiger partial charge in [-0.25, -0.2) is 4.98 Å². The van der Waals surface area contributed by atoms with Crippen molar-refractivity contribution in [3.8, 4) is 22.6 Å². The molecule has 27 heavy (non-hydrogen) atoms. The number of hydrogen-bond donors (Lipinski definition) is 0. The SMILES string of the molecule is CN1CCN(c2nc(-c3ccc(Cl)cc3Cl)nnc2-c2ccccc2)CC1. The Hall–Kier alpha value is -2.21. The quantitative estimate of drug-likeness (QED) is 0.657. The molecule has 4 rings (SSSR count). The van der Waals surface area contributed by atoms with Crippen LogP contribution in [0, 0.1) is 0 Å². The van der Waals surface area contributed by atoms with E-state index < -0.39 is 0 Å². The summed E-state index contributed by atoms with van der Waals surface area (Å²) in [4.78, 5) is 9.44. The topological polar surface area (TPSA) is 45.2 Å². The van der Waals surface area contributed by atoms with Crippen LogP contribution in [0.5, 0.6) is 0 Å². The van der Waals surface area contributed by atoms with Crippen molar-refractivity contribution in [1.29, 1.82) is 0 Å². The van der Waals surface area contributed by atoms with Crippen LogP contribution in [0.3, 0.4) is 0 Å². The van der Waals surface area contributed by atoms with Gasteiger partial charge in [-0.15, -0.1) is 10.2 Å². The normalized spacial score (nSPS) is 15.1. The van der Waals surface area contributed by atoms with E-state index in [2.05, 4.69) is 27.0 Å². The molecular weight excluding hydrogens is 381 g/mol. The van der Waals surface area contributed by atoms with Crippen LogP contribution in [0.25, 0.3) is 22.6 Å². The first kappa shape index (κ1) is 18.2. The maximum atomic E-state index is 6.37. The van der Waals surface area contributed by atoms with Gasteiger partial charge in [0.1, 0.15) is 5.69 Å². The van der Waals surface area contributed by atoms with Crippen LogP contribution in [0.2, 0.25) is 10.0 Å². The molecule has 0 aliphatic carbocycles. The highest BCUT2D eigenvalue weighted by atomic mass is 35.5. The Labute approximate surface area is 168 Å². The molecular formula is C20H19Cl2N5. The van der Waals surface area contributed by atoms with Crippen molar-refractivity contribution in [2.45, 2.75) is 0 Å². The first-order valence-electron chi connectivity index (χ1n) is 8.81. The Balaban J connectivity index is 1.81. The minimum atomic E-state index is 0.505. The smallest absolute Gasteiger partial charge is 0.185 e. The lowest BCUT2D eigenvalue weighted by atomic mass is 10.1. The van der Waals surface area contributed by atoms with Gasteiger partial charge in [0.25, 0.3) is 0 Å². The molecule has 2 heterocycles. The van der Waals surface area contributed by atoms with E-state index in [9.17, 15) is 0 Å². The number of rotatable bonds is 3. The van der Waals surface area contributed by atoms with Gasteiger partial charge in [0.05, 0.1) is 5.02 Å². The molecule has 0 amide bonds. The van der Waals surface area contributed by atoms with Crippen molar-refractivity contribution in [3.63, 3.8) is 0 Å². The van der Waals surface area contributed by atoms with Crippen LogP contribution in [-0.4, -0.2) is 53.3 Å². The molecule has 3 aromatic rings. The van der Waals surface area contributed by atoms with Gasteiger partial charge in [0.15, 0.2) is 11.6 Å². The number of benzene rings is 2. The maximum Gasteiger partial charge on any atom is 0.185 e. The van der Waals surface area contributed by atoms with Crippen LogP contribution >= 0.6 is 23.2 Å². The zero-order valence-electron chi connectivity index (χ0n) is 14.9. The molecule has 1 aliphatic rings. The third-order valence-electron chi connectivity index (χ3n) is 4.69. The van der Waals surface area contributed by atoms with Crippen LogP contribution in [0.15, 0.2) is 48.5 Å². The molecule has 1 saturated heterocycles. The molecule has 0 unspecified atom stereocenters. The predicted octanol–water partition coefficient (Wildman–Crippen LogP) is 4.26. The fourth-order valence-electron chi connectivity index (χ4n) is 3.12. The molecule has 5 nitrogen and oxygen atoms in total. The highest BCUT2D eigenvalue weighted by molar-refractivity contribution is 6.36. The van der Waals surface area contributed by atoms with Crippen molar-refractivity contribution >= 4 is 29.0 Å². The number of halogens is 2. The van der Waals surface area contributed by atoms with Crippen LogP contribution < -0.4 is 4.90 Å². The highest BCUT2D eigenvalue weighted by Crippen LogP contribution is 2.32. The van der Waals surface area contributed by atoms with Crippen molar-refractivity contribution in [3.05, 3.63) is 58.6 Å². The van der Waals surface area contributed by atoms with Crippen LogP contribution in [0.1, 0.15) is 0 Å². The summed E-state index contributed by atoms with van der Waals surface area (Å²) in [6, 6.07) is 15.3. The monoisotopic (exact) mass is 399 g/mol. The largest absolute Gasteiger partial charge is 0.352 e. The Kier molecular flexibility index (Phi) is 5.25. The summed E-state index contributed by atoms with van der Waals surface area (Å²) in [7, 11) is 2.13. The predicted molar refractivity (Wildman–Crippen MR) is 110 cm³/mol. The molecule has 0 atom stereocenters. The Morgan fingerprint density at radius 1 is 0.889 bits per heavy atom. The summed E-state index contributed by atoms with van der Waals surface area (Å²) >= 11 is 12.4. The average Bonchev–Trinajstić information content (AvgIpc) is 2.69. The van der Waals surface area contributed by atoms with E-state index in [1.807, 2.05) is 36.4 Å². The Morgan fingerprint density at radius 2 is 1.63 bits per heavy atom. The molecule has 0 spiro atoms. The van der Waals surface area contributed by atoms with E-state index in [4.69, 9.17) is 28.2 Å². The molecule has 138 valence electrons. The molecule has 2 aromatic carbocycles. The first-order chi connectivity index (χ1) is 13.1. The molecule has 1 fully saturated rings. The third-order valence-corrected chi connectivity index (χ3v) is 5.24. The van der Waals surface area contributed by atoms with E-state index in [1.165, 1.54) is 0 Å². The molecule has 1 aromatic heterocycles. The van der Waals surface area contributed by atoms with Gasteiger partial charge in [-0.2, -0.15) is 0 Å². The highest BCUT2D eigenvalue weighted by Gasteiger charge is 2.22. The third kappa shape index (κ3) is 3.90. The number of aromatic nitrogens is 3. The van der Waals surface area contributed by atoms with Crippen LogP contribution in [0.4, 0.5) is 5.82 Å². The second kappa shape index (κ2) is 7.80. The first-order valence-corrected chi connectivity index (χ1v) is 9.56. The van der Waals surface area contributed by atoms with Gasteiger partial charge in [-0.1, -0.05) is 53.5 Å². The lowest BCUT2D eigenvalue weighted by Gasteiger charge is -2.34. The molecule has 0 saturated carbocycles. The summed E-state index contributed by atoms with van der Waals surface area (Å²) in [5.41, 5.74) is 2.51. The molecule has 0 N–H and O–H groups in total. The van der Waals surface area contributed by atoms with E-state index in [0.717, 1.165) is 48.8 Å². The minimum absolute atomic E-state index is 0.505. The minimum Gasteiger partial charge on any atom is -0.352 e. The second-order valence-electron chi connectivity index (χ2n) is 6.59. The average molecular weight is 400 g/mol. The molecule has 0 bridgehead atoms. The maximum absolute atomic E-state index is 6.37. The zero-order valence-corrected chi connectivity index (χ0v) is 16.5. The van der Waals surface area contributed by atoms with Crippen molar-refractivity contribution in [1.82, 2.24) is 20.1 Å². The van der Waals surface area contributed by atoms with Crippen molar-refractivity contribution < 1.29 is 0 Å². The van der Waals surface area contributed by atoms with Crippen LogP contribution in [-0.2, 0) is 0 Å². The Bertz CT molecular complexity index is 940. The number of nitrogens with zero attached hydrogens (tertiary/aromatic N) is 5. The lowest BCUT2D eigenvalue weighted by Crippen LogP contribution is -2.45. The molecule has 0 radical (unpaired) electrons. The summed E-state index contributed by atoms with van der Waals surface area (Å²) in [6.07, 6.45) is 0. The van der Waals surface area contributed by atoms with E-state index >= 15 is 0 Å². The number of hydrogen-bond acceptors (Lipinski definition) is 5. The van der Waals surface area contributed by atoms with E-state index in [0.29, 0.717) is 15.9 Å². The summed E-state index contributed by atoms with van der Waals surface area (Å²) in [5.74, 6) is 1.34. The lowest BCUT2D eigenvalue weighted by molar-refractivity contribution is 0.312. The number of piperazine rings is 1. The van der Waals surface area contributed by atoms with Gasteiger partial charge in [-0.3, -0.25) is 0 Å². The second-order valence-corrected chi connectivity index (χ2v) is 7.43. The molecule has 1 aliphatic heterocycles. The number of anilines is 1. The summed E-state index contributed by atoms with van der Waals surface area (Å²) in [5, 5.41) is 9.98. The zero-order chi connectivity index (χ0) is 18.8. The van der Waals surface area contributed by atoms with Gasteiger partial charge in [-0.05, 0) is 25.2 Å². The fraction of sp³-hybridized carbons (Fsp3) is 0.250. The summed E-state index contributed by atoms with van der Waals surface area (Å²) in [6.45, 7) is 3.75. The Morgan fingerprint density at radius 3 is 2.33 bits per heavy atom. The fourth-order valence-corrected chi connectivity index (χ4v) is 3.62. The van der Waals surface area contributed by atoms with Gasteiger partial charge < -0.3 is 9.80 Å². The van der Waals surface area contributed by atoms with E-state index in [-0.39, 0.29) is 0 Å².